The highest BCUT2D eigenvalue weighted by atomic mass is 79.9. The molecular weight excluding hydrogens is 328 g/mol. The van der Waals surface area contributed by atoms with Crippen LogP contribution in [0.1, 0.15) is 24.5 Å². The fraction of sp³-hybridized carbons (Fsp3) is 0.235. The number of benzene rings is 2. The van der Waals surface area contributed by atoms with Gasteiger partial charge in [0.15, 0.2) is 0 Å². The Morgan fingerprint density at radius 1 is 1.14 bits per heavy atom. The van der Waals surface area contributed by atoms with Crippen LogP contribution in [-0.2, 0) is 10.3 Å². The van der Waals surface area contributed by atoms with E-state index in [0.717, 1.165) is 21.3 Å². The number of aryl methyl sites for hydroxylation is 1. The zero-order valence-corrected chi connectivity index (χ0v) is 13.8. The molecule has 0 fully saturated rings. The Kier molecular flexibility index (Phi) is 4.68. The quantitative estimate of drug-likeness (QED) is 0.860. The van der Waals surface area contributed by atoms with E-state index in [0.29, 0.717) is 6.42 Å². The maximum absolute atomic E-state index is 12.2. The monoisotopic (exact) mass is 346 g/mol. The van der Waals surface area contributed by atoms with Gasteiger partial charge in [0.2, 0.25) is 5.91 Å². The SMILES string of the molecule is CCC(Nc1ccc(Br)cc1)(C(N)=O)c1ccc(C)cc1. The van der Waals surface area contributed by atoms with Gasteiger partial charge in [0, 0.05) is 10.2 Å². The second-order valence-corrected chi connectivity index (χ2v) is 6.04. The van der Waals surface area contributed by atoms with Crippen molar-refractivity contribution in [1.82, 2.24) is 0 Å². The first-order valence-electron chi connectivity index (χ1n) is 6.89. The largest absolute Gasteiger partial charge is 0.368 e. The van der Waals surface area contributed by atoms with E-state index in [2.05, 4.69) is 21.2 Å². The third-order valence-corrected chi connectivity index (χ3v) is 4.23. The van der Waals surface area contributed by atoms with Crippen LogP contribution < -0.4 is 11.1 Å². The van der Waals surface area contributed by atoms with E-state index in [4.69, 9.17) is 5.73 Å². The number of hydrogen-bond acceptors (Lipinski definition) is 2. The van der Waals surface area contributed by atoms with Gasteiger partial charge in [0.25, 0.3) is 0 Å². The van der Waals surface area contributed by atoms with Gasteiger partial charge in [-0.2, -0.15) is 0 Å². The molecule has 3 nitrogen and oxygen atoms in total. The van der Waals surface area contributed by atoms with E-state index < -0.39 is 5.54 Å². The summed E-state index contributed by atoms with van der Waals surface area (Å²) in [5.74, 6) is -0.378. The Morgan fingerprint density at radius 2 is 1.71 bits per heavy atom. The number of rotatable bonds is 5. The maximum atomic E-state index is 12.2. The first kappa shape index (κ1) is 15.6. The molecule has 0 heterocycles. The van der Waals surface area contributed by atoms with Crippen LogP contribution in [0.3, 0.4) is 0 Å². The molecule has 0 aliphatic heterocycles. The van der Waals surface area contributed by atoms with Crippen LogP contribution in [0.15, 0.2) is 53.0 Å². The lowest BCUT2D eigenvalue weighted by molar-refractivity contribution is -0.122. The summed E-state index contributed by atoms with van der Waals surface area (Å²) in [6.45, 7) is 3.97. The second-order valence-electron chi connectivity index (χ2n) is 5.12. The van der Waals surface area contributed by atoms with Crippen molar-refractivity contribution in [3.63, 3.8) is 0 Å². The van der Waals surface area contributed by atoms with E-state index in [1.807, 2.05) is 62.4 Å². The lowest BCUT2D eigenvalue weighted by Gasteiger charge is -2.32. The number of carbonyl (C=O) groups excluding carboxylic acids is 1. The third kappa shape index (κ3) is 3.27. The lowest BCUT2D eigenvalue weighted by Crippen LogP contribution is -2.47. The minimum Gasteiger partial charge on any atom is -0.368 e. The van der Waals surface area contributed by atoms with Crippen molar-refractivity contribution in [3.05, 3.63) is 64.1 Å². The van der Waals surface area contributed by atoms with E-state index in [9.17, 15) is 4.79 Å². The average molecular weight is 347 g/mol. The number of hydrogen-bond donors (Lipinski definition) is 2. The van der Waals surface area contributed by atoms with Gasteiger partial charge in [0.1, 0.15) is 5.54 Å². The fourth-order valence-corrected chi connectivity index (χ4v) is 2.62. The summed E-state index contributed by atoms with van der Waals surface area (Å²) < 4.78 is 0.990. The Bertz CT molecular complexity index is 622. The van der Waals surface area contributed by atoms with Crippen LogP contribution in [0.25, 0.3) is 0 Å². The molecule has 2 rings (SSSR count). The predicted molar refractivity (Wildman–Crippen MR) is 90.1 cm³/mol. The molecule has 3 N–H and O–H groups in total. The van der Waals surface area contributed by atoms with Crippen molar-refractivity contribution in [1.29, 1.82) is 0 Å². The molecule has 0 saturated carbocycles. The van der Waals surface area contributed by atoms with Crippen LogP contribution in [0, 0.1) is 6.92 Å². The molecule has 4 heteroatoms. The van der Waals surface area contributed by atoms with Gasteiger partial charge < -0.3 is 11.1 Å². The Labute approximate surface area is 133 Å². The minimum absolute atomic E-state index is 0.378. The van der Waals surface area contributed by atoms with Gasteiger partial charge in [-0.3, -0.25) is 4.79 Å². The Morgan fingerprint density at radius 3 is 2.19 bits per heavy atom. The average Bonchev–Trinajstić information content (AvgIpc) is 2.47. The molecule has 0 aliphatic carbocycles. The smallest absolute Gasteiger partial charge is 0.247 e. The summed E-state index contributed by atoms with van der Waals surface area (Å²) in [6, 6.07) is 15.6. The summed E-state index contributed by atoms with van der Waals surface area (Å²) >= 11 is 3.40. The van der Waals surface area contributed by atoms with Gasteiger partial charge >= 0.3 is 0 Å². The molecular formula is C17H19BrN2O. The molecule has 21 heavy (non-hydrogen) atoms. The summed E-state index contributed by atoms with van der Waals surface area (Å²) in [5, 5.41) is 3.31. The standard InChI is InChI=1S/C17H19BrN2O/c1-3-17(16(19)21,13-6-4-12(2)5-7-13)20-15-10-8-14(18)9-11-15/h4-11,20H,3H2,1-2H3,(H2,19,21). The molecule has 1 unspecified atom stereocenters. The second kappa shape index (κ2) is 6.31. The lowest BCUT2D eigenvalue weighted by atomic mass is 9.85. The highest BCUT2D eigenvalue weighted by Gasteiger charge is 2.36. The number of carbonyl (C=O) groups is 1. The zero-order valence-electron chi connectivity index (χ0n) is 12.2. The normalized spacial score (nSPS) is 13.5. The van der Waals surface area contributed by atoms with Crippen molar-refractivity contribution in [3.8, 4) is 0 Å². The predicted octanol–water partition coefficient (Wildman–Crippen LogP) is 3.96. The van der Waals surface area contributed by atoms with Gasteiger partial charge in [-0.05, 0) is 43.2 Å². The molecule has 0 aliphatic rings. The van der Waals surface area contributed by atoms with E-state index in [1.54, 1.807) is 0 Å². The van der Waals surface area contributed by atoms with Crippen molar-refractivity contribution >= 4 is 27.5 Å². The van der Waals surface area contributed by atoms with Gasteiger partial charge in [-0.1, -0.05) is 52.7 Å². The molecule has 1 amide bonds. The Balaban J connectivity index is 2.44. The van der Waals surface area contributed by atoms with Gasteiger partial charge in [-0.25, -0.2) is 0 Å². The van der Waals surface area contributed by atoms with E-state index >= 15 is 0 Å². The zero-order chi connectivity index (χ0) is 15.5. The number of anilines is 1. The van der Waals surface area contributed by atoms with E-state index in [1.165, 1.54) is 0 Å². The number of nitrogens with one attached hydrogen (secondary N) is 1. The maximum Gasteiger partial charge on any atom is 0.247 e. The Hall–Kier alpha value is -1.81. The van der Waals surface area contributed by atoms with Crippen molar-refractivity contribution < 1.29 is 4.79 Å². The molecule has 0 bridgehead atoms. The molecule has 2 aromatic carbocycles. The number of primary amides is 1. The first-order chi connectivity index (χ1) is 9.98. The van der Waals surface area contributed by atoms with Crippen molar-refractivity contribution in [2.24, 2.45) is 5.73 Å². The third-order valence-electron chi connectivity index (χ3n) is 3.70. The van der Waals surface area contributed by atoms with Crippen LogP contribution in [0.5, 0.6) is 0 Å². The molecule has 0 radical (unpaired) electrons. The molecule has 1 atom stereocenters. The molecule has 110 valence electrons. The van der Waals surface area contributed by atoms with Crippen LogP contribution in [0.4, 0.5) is 5.69 Å². The van der Waals surface area contributed by atoms with Gasteiger partial charge in [0.05, 0.1) is 0 Å². The molecule has 0 spiro atoms. The summed E-state index contributed by atoms with van der Waals surface area (Å²) in [6.07, 6.45) is 0.571. The van der Waals surface area contributed by atoms with E-state index in [-0.39, 0.29) is 5.91 Å². The highest BCUT2D eigenvalue weighted by Crippen LogP contribution is 2.30. The highest BCUT2D eigenvalue weighted by molar-refractivity contribution is 9.10. The number of amides is 1. The van der Waals surface area contributed by atoms with Crippen LogP contribution in [-0.4, -0.2) is 5.91 Å². The van der Waals surface area contributed by atoms with Crippen molar-refractivity contribution in [2.45, 2.75) is 25.8 Å². The van der Waals surface area contributed by atoms with Gasteiger partial charge in [-0.15, -0.1) is 0 Å². The topological polar surface area (TPSA) is 55.1 Å². The minimum atomic E-state index is -0.901. The fourth-order valence-electron chi connectivity index (χ4n) is 2.36. The van der Waals surface area contributed by atoms with Crippen LogP contribution in [0.2, 0.25) is 0 Å². The summed E-state index contributed by atoms with van der Waals surface area (Å²) in [5.41, 5.74) is 7.71. The molecule has 0 saturated heterocycles. The first-order valence-corrected chi connectivity index (χ1v) is 7.68. The summed E-state index contributed by atoms with van der Waals surface area (Å²) in [7, 11) is 0. The summed E-state index contributed by atoms with van der Waals surface area (Å²) in [4.78, 5) is 12.2. The molecule has 2 aromatic rings. The number of halogens is 1. The number of nitrogens with two attached hydrogens (primary N) is 1. The molecule has 0 aromatic heterocycles. The van der Waals surface area contributed by atoms with Crippen LogP contribution >= 0.6 is 15.9 Å². The van der Waals surface area contributed by atoms with Crippen molar-refractivity contribution in [2.75, 3.05) is 5.32 Å².